The number of aromatic nitrogens is 1. The molecule has 1 atom stereocenters. The quantitative estimate of drug-likeness (QED) is 0.634. The maximum atomic E-state index is 14.6. The number of carbonyl (C=O) groups is 2. The van der Waals surface area contributed by atoms with Crippen molar-refractivity contribution < 1.29 is 18.4 Å². The molecule has 158 valence electrons. The topological polar surface area (TPSA) is 59.1 Å². The number of nitrogens with zero attached hydrogens (tertiary/aromatic N) is 1. The zero-order valence-electron chi connectivity index (χ0n) is 17.1. The Bertz CT molecular complexity index is 1030. The Morgan fingerprint density at radius 3 is 2.57 bits per heavy atom. The van der Waals surface area contributed by atoms with E-state index in [1.807, 2.05) is 0 Å². The van der Waals surface area contributed by atoms with Gasteiger partial charge in [0, 0.05) is 34.6 Å². The van der Waals surface area contributed by atoms with Crippen molar-refractivity contribution in [2.24, 2.45) is 0 Å². The molecule has 0 saturated heterocycles. The molecular formula is C23H23ClF2N2O2. The summed E-state index contributed by atoms with van der Waals surface area (Å²) in [5, 5.41) is 3.45. The number of pyridine rings is 1. The van der Waals surface area contributed by atoms with Gasteiger partial charge in [-0.15, -0.1) is 0 Å². The van der Waals surface area contributed by atoms with Gasteiger partial charge in [0.2, 0.25) is 0 Å². The molecule has 30 heavy (non-hydrogen) atoms. The van der Waals surface area contributed by atoms with Crippen LogP contribution in [0.3, 0.4) is 0 Å². The molecule has 0 spiro atoms. The zero-order chi connectivity index (χ0) is 22.1. The van der Waals surface area contributed by atoms with E-state index in [1.165, 1.54) is 19.1 Å². The molecule has 0 fully saturated rings. The molecule has 0 aliphatic heterocycles. The molecular weight excluding hydrogens is 410 g/mol. The first-order valence-electron chi connectivity index (χ1n) is 9.80. The molecule has 1 heterocycles. The monoisotopic (exact) mass is 432 g/mol. The van der Waals surface area contributed by atoms with Gasteiger partial charge in [-0.05, 0) is 50.1 Å². The highest BCUT2D eigenvalue weighted by atomic mass is 35.5. The van der Waals surface area contributed by atoms with Gasteiger partial charge in [0.25, 0.3) is 5.92 Å². The first-order chi connectivity index (χ1) is 14.1. The summed E-state index contributed by atoms with van der Waals surface area (Å²) in [4.78, 5) is 29.2. The van der Waals surface area contributed by atoms with Gasteiger partial charge in [0.1, 0.15) is 5.82 Å². The van der Waals surface area contributed by atoms with E-state index in [0.717, 1.165) is 0 Å². The van der Waals surface area contributed by atoms with E-state index in [2.05, 4.69) is 10.3 Å². The van der Waals surface area contributed by atoms with E-state index in [1.54, 1.807) is 38.1 Å². The number of allylic oxidation sites excluding steroid dienone is 1. The average Bonchev–Trinajstić information content (AvgIpc) is 2.82. The first kappa shape index (κ1) is 22.1. The lowest BCUT2D eigenvalue weighted by Gasteiger charge is -2.21. The van der Waals surface area contributed by atoms with Gasteiger partial charge >= 0.3 is 0 Å². The number of nitrogens with one attached hydrogen (secondary N) is 1. The molecule has 4 nitrogen and oxygen atoms in total. The standard InChI is InChI=1S/C23H23ClF2N2O2/c1-4-23(25,26)17-8-11-20(28-21(17)15-6-5-7-16(24)12-15)27-18-9-10-19(29)13(2)14(3)22(18)30/h5-8,11-12,18H,4,9-10H2,1-3H3,(H,27,28). The maximum Gasteiger partial charge on any atom is 0.275 e. The molecule has 0 bridgehead atoms. The van der Waals surface area contributed by atoms with Gasteiger partial charge in [-0.25, -0.2) is 13.8 Å². The van der Waals surface area contributed by atoms with Crippen molar-refractivity contribution in [3.63, 3.8) is 0 Å². The third-order valence-corrected chi connectivity index (χ3v) is 5.72. The van der Waals surface area contributed by atoms with Crippen LogP contribution in [-0.4, -0.2) is 22.6 Å². The first-order valence-corrected chi connectivity index (χ1v) is 10.2. The molecule has 0 radical (unpaired) electrons. The van der Waals surface area contributed by atoms with Crippen LogP contribution in [0.4, 0.5) is 14.6 Å². The predicted octanol–water partition coefficient (Wildman–Crippen LogP) is 5.95. The summed E-state index contributed by atoms with van der Waals surface area (Å²) in [5.41, 5.74) is 1.25. The largest absolute Gasteiger partial charge is 0.360 e. The van der Waals surface area contributed by atoms with Gasteiger partial charge in [0.05, 0.1) is 11.7 Å². The Labute approximate surface area is 179 Å². The molecule has 7 heteroatoms. The Morgan fingerprint density at radius 2 is 1.90 bits per heavy atom. The third-order valence-electron chi connectivity index (χ3n) is 5.48. The molecule has 0 amide bonds. The van der Waals surface area contributed by atoms with Crippen molar-refractivity contribution in [2.45, 2.75) is 52.0 Å². The number of benzene rings is 1. The van der Waals surface area contributed by atoms with Gasteiger partial charge in [-0.3, -0.25) is 9.59 Å². The summed E-state index contributed by atoms with van der Waals surface area (Å²) in [6, 6.07) is 8.69. The maximum absolute atomic E-state index is 14.6. The molecule has 2 aromatic rings. The van der Waals surface area contributed by atoms with Gasteiger partial charge < -0.3 is 5.32 Å². The van der Waals surface area contributed by atoms with Crippen LogP contribution >= 0.6 is 11.6 Å². The molecule has 1 unspecified atom stereocenters. The second-order valence-electron chi connectivity index (χ2n) is 7.43. The van der Waals surface area contributed by atoms with E-state index < -0.39 is 12.0 Å². The third kappa shape index (κ3) is 4.43. The van der Waals surface area contributed by atoms with Crippen molar-refractivity contribution in [3.05, 3.63) is 58.1 Å². The van der Waals surface area contributed by atoms with E-state index in [4.69, 9.17) is 11.6 Å². The number of rotatable bonds is 5. The molecule has 1 aromatic heterocycles. The average molecular weight is 433 g/mol. The molecule has 1 aliphatic carbocycles. The van der Waals surface area contributed by atoms with E-state index in [-0.39, 0.29) is 35.7 Å². The minimum atomic E-state index is -3.07. The number of halogens is 3. The number of ketones is 2. The minimum absolute atomic E-state index is 0.0596. The van der Waals surface area contributed by atoms with Crippen LogP contribution in [-0.2, 0) is 15.5 Å². The van der Waals surface area contributed by atoms with Crippen LogP contribution in [0.5, 0.6) is 0 Å². The fourth-order valence-electron chi connectivity index (χ4n) is 3.45. The summed E-state index contributed by atoms with van der Waals surface area (Å²) in [6.45, 7) is 4.69. The van der Waals surface area contributed by atoms with Gasteiger partial charge in [-0.2, -0.15) is 0 Å². The minimum Gasteiger partial charge on any atom is -0.360 e. The molecule has 0 saturated carbocycles. The smallest absolute Gasteiger partial charge is 0.275 e. The lowest BCUT2D eigenvalue weighted by atomic mass is 9.99. The normalized spacial score (nSPS) is 17.9. The Balaban J connectivity index is 2.02. The van der Waals surface area contributed by atoms with Crippen LogP contribution in [0, 0.1) is 0 Å². The number of Topliss-reactive ketones (excluding diaryl/α,β-unsaturated/α-hetero) is 2. The fraction of sp³-hybridized carbons (Fsp3) is 0.348. The van der Waals surface area contributed by atoms with E-state index >= 15 is 0 Å². The Hall–Kier alpha value is -2.60. The lowest BCUT2D eigenvalue weighted by molar-refractivity contribution is -0.116. The van der Waals surface area contributed by atoms with Crippen LogP contribution < -0.4 is 5.32 Å². The van der Waals surface area contributed by atoms with Crippen molar-refractivity contribution >= 4 is 29.0 Å². The highest BCUT2D eigenvalue weighted by Gasteiger charge is 2.34. The van der Waals surface area contributed by atoms with Crippen molar-refractivity contribution in [3.8, 4) is 11.3 Å². The number of hydrogen-bond donors (Lipinski definition) is 1. The van der Waals surface area contributed by atoms with Crippen molar-refractivity contribution in [1.82, 2.24) is 4.98 Å². The second kappa shape index (κ2) is 8.64. The fourth-order valence-corrected chi connectivity index (χ4v) is 3.64. The SMILES string of the molecule is CCC(F)(F)c1ccc(NC2CCC(=O)C(C)=C(C)C2=O)nc1-c1cccc(Cl)c1. The van der Waals surface area contributed by atoms with Crippen LogP contribution in [0.2, 0.25) is 5.02 Å². The van der Waals surface area contributed by atoms with Crippen LogP contribution in [0.25, 0.3) is 11.3 Å². The van der Waals surface area contributed by atoms with E-state index in [0.29, 0.717) is 34.0 Å². The summed E-state index contributed by atoms with van der Waals surface area (Å²) >= 11 is 6.06. The van der Waals surface area contributed by atoms with Crippen molar-refractivity contribution in [2.75, 3.05) is 5.32 Å². The summed E-state index contributed by atoms with van der Waals surface area (Å²) in [5.74, 6) is -3.02. The number of anilines is 1. The zero-order valence-corrected chi connectivity index (χ0v) is 17.8. The predicted molar refractivity (Wildman–Crippen MR) is 114 cm³/mol. The molecule has 1 aromatic carbocycles. The van der Waals surface area contributed by atoms with Crippen LogP contribution in [0.1, 0.15) is 45.6 Å². The summed E-state index contributed by atoms with van der Waals surface area (Å²) in [6.07, 6.45) is 0.175. The van der Waals surface area contributed by atoms with Crippen LogP contribution in [0.15, 0.2) is 47.5 Å². The molecule has 1 N–H and O–H groups in total. The number of hydrogen-bond acceptors (Lipinski definition) is 4. The molecule has 3 rings (SSSR count). The van der Waals surface area contributed by atoms with E-state index in [9.17, 15) is 18.4 Å². The van der Waals surface area contributed by atoms with Crippen molar-refractivity contribution in [1.29, 1.82) is 0 Å². The number of alkyl halides is 2. The lowest BCUT2D eigenvalue weighted by Crippen LogP contribution is -2.30. The summed E-state index contributed by atoms with van der Waals surface area (Å²) in [7, 11) is 0. The Morgan fingerprint density at radius 1 is 1.17 bits per heavy atom. The van der Waals surface area contributed by atoms with Gasteiger partial charge in [0.15, 0.2) is 11.6 Å². The van der Waals surface area contributed by atoms with Gasteiger partial charge in [-0.1, -0.05) is 30.7 Å². The summed E-state index contributed by atoms with van der Waals surface area (Å²) < 4.78 is 29.2. The highest BCUT2D eigenvalue weighted by molar-refractivity contribution is 6.30. The molecule has 1 aliphatic rings. The number of carbonyl (C=O) groups excluding carboxylic acids is 2. The highest BCUT2D eigenvalue weighted by Crippen LogP contribution is 2.38. The Kier molecular flexibility index (Phi) is 6.36. The second-order valence-corrected chi connectivity index (χ2v) is 7.87.